The average molecular weight is 307 g/mol. The second-order valence-electron chi connectivity index (χ2n) is 5.66. The molecule has 0 aromatic heterocycles. The maximum atomic E-state index is 13.0. The minimum Gasteiger partial charge on any atom is -0.349 e. The molecule has 0 fully saturated rings. The van der Waals surface area contributed by atoms with Crippen molar-refractivity contribution in [2.45, 2.75) is 19.4 Å². The van der Waals surface area contributed by atoms with Crippen molar-refractivity contribution in [3.05, 3.63) is 83.7 Å². The molecule has 2 nitrogen and oxygen atoms in total. The van der Waals surface area contributed by atoms with Gasteiger partial charge in [-0.15, -0.1) is 0 Å². The lowest BCUT2D eigenvalue weighted by Gasteiger charge is -2.15. The lowest BCUT2D eigenvalue weighted by molar-refractivity contribution is -0.121. The van der Waals surface area contributed by atoms with Gasteiger partial charge in [-0.25, -0.2) is 4.39 Å². The third kappa shape index (κ3) is 3.57. The van der Waals surface area contributed by atoms with Gasteiger partial charge in [0.05, 0.1) is 12.5 Å². The van der Waals surface area contributed by atoms with Gasteiger partial charge in [-0.2, -0.15) is 0 Å². The Bertz CT molecular complexity index is 821. The van der Waals surface area contributed by atoms with Gasteiger partial charge >= 0.3 is 0 Å². The first kappa shape index (κ1) is 15.2. The molecule has 116 valence electrons. The summed E-state index contributed by atoms with van der Waals surface area (Å²) in [7, 11) is 0. The Morgan fingerprint density at radius 1 is 1.00 bits per heavy atom. The van der Waals surface area contributed by atoms with Gasteiger partial charge in [-0.1, -0.05) is 54.6 Å². The molecular weight excluding hydrogens is 289 g/mol. The van der Waals surface area contributed by atoms with Crippen LogP contribution in [0.1, 0.15) is 24.1 Å². The second-order valence-corrected chi connectivity index (χ2v) is 5.66. The van der Waals surface area contributed by atoms with Crippen LogP contribution in [0.4, 0.5) is 4.39 Å². The Morgan fingerprint density at radius 2 is 1.70 bits per heavy atom. The minimum atomic E-state index is -0.275. The van der Waals surface area contributed by atoms with Crippen molar-refractivity contribution in [2.75, 3.05) is 0 Å². The van der Waals surface area contributed by atoms with Crippen LogP contribution in [0.3, 0.4) is 0 Å². The van der Waals surface area contributed by atoms with Gasteiger partial charge < -0.3 is 5.32 Å². The number of hydrogen-bond donors (Lipinski definition) is 1. The van der Waals surface area contributed by atoms with Gasteiger partial charge in [0.25, 0.3) is 0 Å². The fourth-order valence-corrected chi connectivity index (χ4v) is 2.75. The molecule has 3 aromatic carbocycles. The number of benzene rings is 3. The number of rotatable bonds is 4. The molecule has 1 atom stereocenters. The Labute approximate surface area is 135 Å². The zero-order valence-corrected chi connectivity index (χ0v) is 12.9. The monoisotopic (exact) mass is 307 g/mol. The SMILES string of the molecule is C[C@@H](NC(=O)Cc1cccc2ccccc12)c1ccc(F)cc1. The van der Waals surface area contributed by atoms with Gasteiger partial charge in [0, 0.05) is 0 Å². The standard InChI is InChI=1S/C20H18FNO/c1-14(15-9-11-18(21)12-10-15)22-20(23)13-17-7-4-6-16-5-2-3-8-19(16)17/h2-12,14H,13H2,1H3,(H,22,23)/t14-/m1/s1. The first-order valence-electron chi connectivity index (χ1n) is 7.65. The van der Waals surface area contributed by atoms with E-state index in [2.05, 4.69) is 5.32 Å². The summed E-state index contributed by atoms with van der Waals surface area (Å²) in [5, 5.41) is 5.19. The normalized spacial score (nSPS) is 12.1. The number of fused-ring (bicyclic) bond motifs is 1. The predicted octanol–water partition coefficient (Wildman–Crippen LogP) is 4.40. The number of hydrogen-bond acceptors (Lipinski definition) is 1. The molecule has 0 saturated heterocycles. The summed E-state index contributed by atoms with van der Waals surface area (Å²) in [6, 6.07) is 20.1. The maximum Gasteiger partial charge on any atom is 0.224 e. The van der Waals surface area contributed by atoms with Crippen LogP contribution < -0.4 is 5.32 Å². The average Bonchev–Trinajstić information content (AvgIpc) is 2.55. The van der Waals surface area contributed by atoms with E-state index in [4.69, 9.17) is 0 Å². The zero-order chi connectivity index (χ0) is 16.2. The van der Waals surface area contributed by atoms with Crippen LogP contribution in [-0.4, -0.2) is 5.91 Å². The summed E-state index contributed by atoms with van der Waals surface area (Å²) in [5.74, 6) is -0.318. The van der Waals surface area contributed by atoms with Gasteiger partial charge in [-0.3, -0.25) is 4.79 Å². The van der Waals surface area contributed by atoms with Crippen LogP contribution in [0.5, 0.6) is 0 Å². The van der Waals surface area contributed by atoms with Crippen molar-refractivity contribution >= 4 is 16.7 Å². The molecule has 1 amide bonds. The van der Waals surface area contributed by atoms with E-state index < -0.39 is 0 Å². The van der Waals surface area contributed by atoms with Crippen molar-refractivity contribution in [3.63, 3.8) is 0 Å². The molecule has 0 aliphatic rings. The molecule has 23 heavy (non-hydrogen) atoms. The Balaban J connectivity index is 1.72. The van der Waals surface area contributed by atoms with Crippen molar-refractivity contribution in [2.24, 2.45) is 0 Å². The van der Waals surface area contributed by atoms with Crippen molar-refractivity contribution in [3.8, 4) is 0 Å². The topological polar surface area (TPSA) is 29.1 Å². The van der Waals surface area contributed by atoms with Crippen molar-refractivity contribution in [1.82, 2.24) is 5.32 Å². The fourth-order valence-electron chi connectivity index (χ4n) is 2.75. The second kappa shape index (κ2) is 6.61. The van der Waals surface area contributed by atoms with Crippen LogP contribution in [0.2, 0.25) is 0 Å². The number of halogens is 1. The third-order valence-corrected chi connectivity index (χ3v) is 3.98. The van der Waals surface area contributed by atoms with E-state index in [1.807, 2.05) is 49.4 Å². The quantitative estimate of drug-likeness (QED) is 0.760. The number of nitrogens with one attached hydrogen (secondary N) is 1. The van der Waals surface area contributed by atoms with Crippen LogP contribution in [0, 0.1) is 5.82 Å². The van der Waals surface area contributed by atoms with Crippen molar-refractivity contribution < 1.29 is 9.18 Å². The molecule has 0 saturated carbocycles. The third-order valence-electron chi connectivity index (χ3n) is 3.98. The van der Waals surface area contributed by atoms with E-state index in [1.54, 1.807) is 12.1 Å². The number of carbonyl (C=O) groups is 1. The number of carbonyl (C=O) groups excluding carboxylic acids is 1. The Hall–Kier alpha value is -2.68. The Morgan fingerprint density at radius 3 is 2.48 bits per heavy atom. The van der Waals surface area contributed by atoms with Gasteiger partial charge in [-0.05, 0) is 41.0 Å². The molecule has 0 aliphatic heterocycles. The molecule has 0 bridgehead atoms. The van der Waals surface area contributed by atoms with E-state index >= 15 is 0 Å². The van der Waals surface area contributed by atoms with Crippen molar-refractivity contribution in [1.29, 1.82) is 0 Å². The van der Waals surface area contributed by atoms with E-state index in [1.165, 1.54) is 12.1 Å². The summed E-state index contributed by atoms with van der Waals surface area (Å²) in [6.07, 6.45) is 0.326. The summed E-state index contributed by atoms with van der Waals surface area (Å²) in [4.78, 5) is 12.3. The summed E-state index contributed by atoms with van der Waals surface area (Å²) in [6.45, 7) is 1.90. The highest BCUT2D eigenvalue weighted by Crippen LogP contribution is 2.19. The maximum absolute atomic E-state index is 13.0. The van der Waals surface area contributed by atoms with Gasteiger partial charge in [0.15, 0.2) is 0 Å². The largest absolute Gasteiger partial charge is 0.349 e. The molecule has 0 spiro atoms. The highest BCUT2D eigenvalue weighted by molar-refractivity contribution is 5.90. The molecule has 3 rings (SSSR count). The summed E-state index contributed by atoms with van der Waals surface area (Å²) < 4.78 is 13.0. The van der Waals surface area contributed by atoms with Crippen LogP contribution in [0.15, 0.2) is 66.7 Å². The number of amides is 1. The summed E-state index contributed by atoms with van der Waals surface area (Å²) in [5.41, 5.74) is 1.89. The van der Waals surface area contributed by atoms with Crippen LogP contribution in [0.25, 0.3) is 10.8 Å². The summed E-state index contributed by atoms with van der Waals surface area (Å²) >= 11 is 0. The molecule has 0 heterocycles. The van der Waals surface area contributed by atoms with Crippen LogP contribution >= 0.6 is 0 Å². The van der Waals surface area contributed by atoms with Gasteiger partial charge in [0.1, 0.15) is 5.82 Å². The van der Waals surface area contributed by atoms with E-state index in [9.17, 15) is 9.18 Å². The fraction of sp³-hybridized carbons (Fsp3) is 0.150. The molecule has 3 heteroatoms. The highest BCUT2D eigenvalue weighted by atomic mass is 19.1. The molecule has 1 N–H and O–H groups in total. The Kier molecular flexibility index (Phi) is 4.38. The zero-order valence-electron chi connectivity index (χ0n) is 12.9. The molecule has 0 aliphatic carbocycles. The lowest BCUT2D eigenvalue weighted by atomic mass is 10.0. The molecule has 0 radical (unpaired) electrons. The molecular formula is C20H18FNO. The van der Waals surface area contributed by atoms with E-state index in [-0.39, 0.29) is 17.8 Å². The smallest absolute Gasteiger partial charge is 0.224 e. The first-order chi connectivity index (χ1) is 11.1. The van der Waals surface area contributed by atoms with Crippen LogP contribution in [-0.2, 0) is 11.2 Å². The predicted molar refractivity (Wildman–Crippen MR) is 90.6 cm³/mol. The van der Waals surface area contributed by atoms with E-state index in [0.717, 1.165) is 21.9 Å². The molecule has 3 aromatic rings. The van der Waals surface area contributed by atoms with Gasteiger partial charge in [0.2, 0.25) is 5.91 Å². The first-order valence-corrected chi connectivity index (χ1v) is 7.65. The highest BCUT2D eigenvalue weighted by Gasteiger charge is 2.11. The lowest BCUT2D eigenvalue weighted by Crippen LogP contribution is -2.28. The van der Waals surface area contributed by atoms with E-state index in [0.29, 0.717) is 6.42 Å². The minimum absolute atomic E-state index is 0.0434. The molecule has 0 unspecified atom stereocenters.